The van der Waals surface area contributed by atoms with Crippen molar-refractivity contribution in [2.45, 2.75) is 39.7 Å². The van der Waals surface area contributed by atoms with Gasteiger partial charge in [-0.3, -0.25) is 0 Å². The summed E-state index contributed by atoms with van der Waals surface area (Å²) in [7, 11) is 2.14. The smallest absolute Gasteiger partial charge is 0.185 e. The van der Waals surface area contributed by atoms with Gasteiger partial charge in [-0.25, -0.2) is 4.98 Å². The minimum absolute atomic E-state index is 0.498. The van der Waals surface area contributed by atoms with Crippen molar-refractivity contribution in [1.29, 1.82) is 0 Å². The Hall–Kier alpha value is -0.260. The van der Waals surface area contributed by atoms with Crippen LogP contribution in [0.4, 0.5) is 5.13 Å². The van der Waals surface area contributed by atoms with Crippen LogP contribution in [0.2, 0.25) is 0 Å². The molecule has 1 N–H and O–H groups in total. The predicted octanol–water partition coefficient (Wildman–Crippen LogP) is 3.57. The van der Waals surface area contributed by atoms with E-state index in [4.69, 9.17) is 4.98 Å². The van der Waals surface area contributed by atoms with E-state index in [0.717, 1.165) is 30.5 Å². The molecule has 0 aliphatic rings. The van der Waals surface area contributed by atoms with Crippen molar-refractivity contribution in [3.05, 3.63) is 10.6 Å². The molecule has 0 aromatic carbocycles. The number of anilines is 1. The predicted molar refractivity (Wildman–Crippen MR) is 89.9 cm³/mol. The second-order valence-electron chi connectivity index (χ2n) is 5.05. The first-order valence-corrected chi connectivity index (χ1v) is 9.21. The van der Waals surface area contributed by atoms with Crippen LogP contribution in [0.15, 0.2) is 0 Å². The van der Waals surface area contributed by atoms with Crippen LogP contribution in [0.3, 0.4) is 0 Å². The SMILES string of the molecule is CCCNCc1sc(N(C)CCSC)nc1C(C)C. The molecule has 19 heavy (non-hydrogen) atoms. The Morgan fingerprint density at radius 1 is 1.42 bits per heavy atom. The van der Waals surface area contributed by atoms with Gasteiger partial charge < -0.3 is 10.2 Å². The van der Waals surface area contributed by atoms with Gasteiger partial charge in [0.2, 0.25) is 0 Å². The fourth-order valence-corrected chi connectivity index (χ4v) is 3.42. The molecule has 1 aromatic heterocycles. The summed E-state index contributed by atoms with van der Waals surface area (Å²) in [4.78, 5) is 8.51. The summed E-state index contributed by atoms with van der Waals surface area (Å²) in [6.45, 7) is 9.75. The van der Waals surface area contributed by atoms with E-state index in [1.54, 1.807) is 0 Å². The van der Waals surface area contributed by atoms with Crippen molar-refractivity contribution in [3.8, 4) is 0 Å². The molecule has 0 fully saturated rings. The van der Waals surface area contributed by atoms with Crippen LogP contribution in [0.5, 0.6) is 0 Å². The number of hydrogen-bond donors (Lipinski definition) is 1. The van der Waals surface area contributed by atoms with Crippen molar-refractivity contribution >= 4 is 28.2 Å². The lowest BCUT2D eigenvalue weighted by molar-refractivity contribution is 0.670. The van der Waals surface area contributed by atoms with Crippen molar-refractivity contribution < 1.29 is 0 Å². The molecule has 0 saturated carbocycles. The molecular formula is C14H27N3S2. The van der Waals surface area contributed by atoms with Gasteiger partial charge in [-0.2, -0.15) is 11.8 Å². The highest BCUT2D eigenvalue weighted by Crippen LogP contribution is 2.30. The molecule has 5 heteroatoms. The third-order valence-electron chi connectivity index (χ3n) is 2.93. The van der Waals surface area contributed by atoms with Crippen LogP contribution in [0, 0.1) is 0 Å². The maximum atomic E-state index is 4.84. The molecule has 0 saturated heterocycles. The van der Waals surface area contributed by atoms with E-state index < -0.39 is 0 Å². The van der Waals surface area contributed by atoms with E-state index in [1.165, 1.54) is 17.0 Å². The lowest BCUT2D eigenvalue weighted by Crippen LogP contribution is -2.19. The number of nitrogens with zero attached hydrogens (tertiary/aromatic N) is 2. The van der Waals surface area contributed by atoms with E-state index in [2.05, 4.69) is 44.3 Å². The van der Waals surface area contributed by atoms with Gasteiger partial charge in [0, 0.05) is 30.8 Å². The van der Waals surface area contributed by atoms with Gasteiger partial charge in [-0.05, 0) is 25.1 Å². The van der Waals surface area contributed by atoms with Crippen LogP contribution < -0.4 is 10.2 Å². The van der Waals surface area contributed by atoms with Gasteiger partial charge in [0.15, 0.2) is 5.13 Å². The summed E-state index contributed by atoms with van der Waals surface area (Å²) in [6, 6.07) is 0. The highest BCUT2D eigenvalue weighted by molar-refractivity contribution is 7.98. The Kier molecular flexibility index (Phi) is 7.80. The summed E-state index contributed by atoms with van der Waals surface area (Å²) < 4.78 is 0. The summed E-state index contributed by atoms with van der Waals surface area (Å²) in [5.41, 5.74) is 1.26. The average molecular weight is 302 g/mol. The molecule has 0 atom stereocenters. The number of aromatic nitrogens is 1. The number of hydrogen-bond acceptors (Lipinski definition) is 5. The standard InChI is InChI=1S/C14H27N3S2/c1-6-7-15-10-12-13(11(2)3)16-14(19-12)17(4)8-9-18-5/h11,15H,6-10H2,1-5H3. The van der Waals surface area contributed by atoms with Crippen molar-refractivity contribution in [1.82, 2.24) is 10.3 Å². The Bertz CT molecular complexity index is 364. The molecule has 1 rings (SSSR count). The van der Waals surface area contributed by atoms with Crippen LogP contribution in [-0.2, 0) is 6.54 Å². The van der Waals surface area contributed by atoms with Crippen molar-refractivity contribution in [2.24, 2.45) is 0 Å². The molecule has 3 nitrogen and oxygen atoms in total. The zero-order valence-electron chi connectivity index (χ0n) is 12.8. The van der Waals surface area contributed by atoms with Crippen LogP contribution in [0.25, 0.3) is 0 Å². The Balaban J connectivity index is 2.75. The van der Waals surface area contributed by atoms with E-state index >= 15 is 0 Å². The maximum Gasteiger partial charge on any atom is 0.185 e. The van der Waals surface area contributed by atoms with E-state index in [0.29, 0.717) is 5.92 Å². The van der Waals surface area contributed by atoms with Gasteiger partial charge in [-0.15, -0.1) is 11.3 Å². The normalized spacial score (nSPS) is 11.3. The molecule has 0 aliphatic carbocycles. The number of thioether (sulfide) groups is 1. The monoisotopic (exact) mass is 301 g/mol. The molecule has 0 radical (unpaired) electrons. The second-order valence-corrected chi connectivity index (χ2v) is 7.10. The molecular weight excluding hydrogens is 274 g/mol. The van der Waals surface area contributed by atoms with Crippen LogP contribution >= 0.6 is 23.1 Å². The molecule has 1 heterocycles. The fraction of sp³-hybridized carbons (Fsp3) is 0.786. The Morgan fingerprint density at radius 2 is 2.16 bits per heavy atom. The lowest BCUT2D eigenvalue weighted by Gasteiger charge is -2.14. The zero-order chi connectivity index (χ0) is 14.3. The Labute approximate surface area is 126 Å². The molecule has 0 amide bonds. The third-order valence-corrected chi connectivity index (χ3v) is 4.71. The number of thiazole rings is 1. The van der Waals surface area contributed by atoms with Crippen molar-refractivity contribution in [2.75, 3.05) is 37.0 Å². The van der Waals surface area contributed by atoms with Gasteiger partial charge >= 0.3 is 0 Å². The molecule has 0 spiro atoms. The molecule has 0 unspecified atom stereocenters. The minimum atomic E-state index is 0.498. The first-order chi connectivity index (χ1) is 9.10. The molecule has 0 aliphatic heterocycles. The van der Waals surface area contributed by atoms with E-state index in [9.17, 15) is 0 Å². The number of rotatable bonds is 9. The topological polar surface area (TPSA) is 28.2 Å². The molecule has 1 aromatic rings. The highest BCUT2D eigenvalue weighted by atomic mass is 32.2. The van der Waals surface area contributed by atoms with Gasteiger partial charge in [-0.1, -0.05) is 20.8 Å². The first kappa shape index (κ1) is 16.8. The largest absolute Gasteiger partial charge is 0.350 e. The minimum Gasteiger partial charge on any atom is -0.350 e. The maximum absolute atomic E-state index is 4.84. The van der Waals surface area contributed by atoms with Crippen molar-refractivity contribution in [3.63, 3.8) is 0 Å². The van der Waals surface area contributed by atoms with Gasteiger partial charge in [0.1, 0.15) is 0 Å². The fourth-order valence-electron chi connectivity index (χ4n) is 1.79. The van der Waals surface area contributed by atoms with Gasteiger partial charge in [0.05, 0.1) is 5.69 Å². The van der Waals surface area contributed by atoms with Crippen LogP contribution in [0.1, 0.15) is 43.7 Å². The summed E-state index contributed by atoms with van der Waals surface area (Å²) in [5, 5.41) is 4.65. The lowest BCUT2D eigenvalue weighted by atomic mass is 10.1. The summed E-state index contributed by atoms with van der Waals surface area (Å²) in [5.74, 6) is 1.65. The highest BCUT2D eigenvalue weighted by Gasteiger charge is 2.15. The second kappa shape index (κ2) is 8.82. The van der Waals surface area contributed by atoms with Crippen LogP contribution in [-0.4, -0.2) is 37.1 Å². The number of nitrogens with one attached hydrogen (secondary N) is 1. The van der Waals surface area contributed by atoms with E-state index in [-0.39, 0.29) is 0 Å². The first-order valence-electron chi connectivity index (χ1n) is 7.00. The third kappa shape index (κ3) is 5.32. The summed E-state index contributed by atoms with van der Waals surface area (Å²) >= 11 is 3.72. The zero-order valence-corrected chi connectivity index (χ0v) is 14.5. The summed E-state index contributed by atoms with van der Waals surface area (Å²) in [6.07, 6.45) is 3.33. The molecule has 0 bridgehead atoms. The quantitative estimate of drug-likeness (QED) is 0.706. The average Bonchev–Trinajstić information content (AvgIpc) is 2.80. The van der Waals surface area contributed by atoms with E-state index in [1.807, 2.05) is 23.1 Å². The van der Waals surface area contributed by atoms with Gasteiger partial charge in [0.25, 0.3) is 0 Å². The Morgan fingerprint density at radius 3 is 2.74 bits per heavy atom. The molecule has 110 valence electrons.